The molecule has 2 saturated heterocycles. The molecule has 1 amide bonds. The van der Waals surface area contributed by atoms with E-state index >= 15 is 0 Å². The molecule has 0 aromatic carbocycles. The van der Waals surface area contributed by atoms with Crippen LogP contribution in [0.25, 0.3) is 0 Å². The van der Waals surface area contributed by atoms with Gasteiger partial charge in [0, 0.05) is 24.5 Å². The first-order chi connectivity index (χ1) is 9.44. The standard InChI is InChI=1S/C15H23N3O2/c1-15(2,3)20-14(19)18-11-5-6-12(18)10-13(9-11)17-8-4-7-16-17/h4,7-8,11-13H,5-6,9-10H2,1-3H3. The highest BCUT2D eigenvalue weighted by molar-refractivity contribution is 5.69. The van der Waals surface area contributed by atoms with Gasteiger partial charge in [-0.05, 0) is 52.5 Å². The second kappa shape index (κ2) is 4.79. The molecule has 2 atom stereocenters. The van der Waals surface area contributed by atoms with Crippen LogP contribution in [-0.4, -0.2) is 38.5 Å². The lowest BCUT2D eigenvalue weighted by Crippen LogP contribution is -2.48. The third-order valence-electron chi connectivity index (χ3n) is 4.21. The Kier molecular flexibility index (Phi) is 3.22. The Morgan fingerprint density at radius 1 is 1.20 bits per heavy atom. The van der Waals surface area contributed by atoms with Crippen molar-refractivity contribution in [1.82, 2.24) is 14.7 Å². The van der Waals surface area contributed by atoms with Crippen molar-refractivity contribution in [3.63, 3.8) is 0 Å². The molecule has 2 aliphatic rings. The van der Waals surface area contributed by atoms with E-state index in [2.05, 4.69) is 5.10 Å². The maximum Gasteiger partial charge on any atom is 0.410 e. The fraction of sp³-hybridized carbons (Fsp3) is 0.733. The van der Waals surface area contributed by atoms with Gasteiger partial charge in [0.15, 0.2) is 0 Å². The van der Waals surface area contributed by atoms with Gasteiger partial charge in [-0.25, -0.2) is 4.79 Å². The third kappa shape index (κ3) is 2.53. The van der Waals surface area contributed by atoms with Crippen LogP contribution in [-0.2, 0) is 4.74 Å². The second-order valence-electron chi connectivity index (χ2n) is 6.88. The monoisotopic (exact) mass is 277 g/mol. The van der Waals surface area contributed by atoms with Gasteiger partial charge >= 0.3 is 6.09 Å². The van der Waals surface area contributed by atoms with Gasteiger partial charge in [-0.15, -0.1) is 0 Å². The molecule has 0 aliphatic carbocycles. The van der Waals surface area contributed by atoms with Crippen LogP contribution in [0.1, 0.15) is 52.5 Å². The molecule has 2 bridgehead atoms. The third-order valence-corrected chi connectivity index (χ3v) is 4.21. The van der Waals surface area contributed by atoms with Gasteiger partial charge in [0.05, 0.1) is 6.04 Å². The van der Waals surface area contributed by atoms with Crippen LogP contribution >= 0.6 is 0 Å². The lowest BCUT2D eigenvalue weighted by molar-refractivity contribution is 0.00232. The smallest absolute Gasteiger partial charge is 0.410 e. The molecule has 20 heavy (non-hydrogen) atoms. The highest BCUT2D eigenvalue weighted by atomic mass is 16.6. The number of hydrogen-bond acceptors (Lipinski definition) is 3. The molecule has 5 nitrogen and oxygen atoms in total. The van der Waals surface area contributed by atoms with E-state index in [1.165, 1.54) is 0 Å². The predicted octanol–water partition coefficient (Wildman–Crippen LogP) is 2.99. The van der Waals surface area contributed by atoms with E-state index in [0.717, 1.165) is 25.7 Å². The number of nitrogens with zero attached hydrogens (tertiary/aromatic N) is 3. The molecule has 3 rings (SSSR count). The Labute approximate surface area is 119 Å². The summed E-state index contributed by atoms with van der Waals surface area (Å²) in [6, 6.07) is 2.99. The first-order valence-corrected chi connectivity index (χ1v) is 7.44. The number of carbonyl (C=O) groups excluding carboxylic acids is 1. The SMILES string of the molecule is CC(C)(C)OC(=O)N1C2CCC1CC(n1cccn1)C2. The predicted molar refractivity (Wildman–Crippen MR) is 75.4 cm³/mol. The summed E-state index contributed by atoms with van der Waals surface area (Å²) in [5, 5.41) is 4.35. The summed E-state index contributed by atoms with van der Waals surface area (Å²) < 4.78 is 7.59. The van der Waals surface area contributed by atoms with Crippen molar-refractivity contribution in [1.29, 1.82) is 0 Å². The van der Waals surface area contributed by atoms with E-state index in [1.807, 2.05) is 48.8 Å². The molecule has 0 radical (unpaired) electrons. The second-order valence-corrected chi connectivity index (χ2v) is 6.88. The Balaban J connectivity index is 1.70. The van der Waals surface area contributed by atoms with Gasteiger partial charge in [0.25, 0.3) is 0 Å². The van der Waals surface area contributed by atoms with Crippen molar-refractivity contribution >= 4 is 6.09 Å². The Morgan fingerprint density at radius 3 is 2.35 bits per heavy atom. The summed E-state index contributed by atoms with van der Waals surface area (Å²) in [5.74, 6) is 0. The van der Waals surface area contributed by atoms with Crippen molar-refractivity contribution in [2.24, 2.45) is 0 Å². The van der Waals surface area contributed by atoms with Gasteiger partial charge in [0.1, 0.15) is 5.60 Å². The first kappa shape index (κ1) is 13.5. The zero-order valence-electron chi connectivity index (χ0n) is 12.5. The van der Waals surface area contributed by atoms with Crippen molar-refractivity contribution in [3.05, 3.63) is 18.5 Å². The fourth-order valence-corrected chi connectivity index (χ4v) is 3.47. The van der Waals surface area contributed by atoms with Crippen LogP contribution in [0, 0.1) is 0 Å². The molecule has 2 fully saturated rings. The molecule has 1 aromatic rings. The van der Waals surface area contributed by atoms with Crippen molar-refractivity contribution in [2.45, 2.75) is 70.2 Å². The summed E-state index contributed by atoms with van der Waals surface area (Å²) in [6.07, 6.45) is 7.83. The van der Waals surface area contributed by atoms with E-state index in [9.17, 15) is 4.79 Å². The van der Waals surface area contributed by atoms with E-state index in [1.54, 1.807) is 0 Å². The van der Waals surface area contributed by atoms with Crippen LogP contribution in [0.5, 0.6) is 0 Å². The highest BCUT2D eigenvalue weighted by Crippen LogP contribution is 2.41. The molecule has 0 N–H and O–H groups in total. The molecular weight excluding hydrogens is 254 g/mol. The average Bonchev–Trinajstić information content (AvgIpc) is 2.94. The maximum absolute atomic E-state index is 12.3. The molecular formula is C15H23N3O2. The minimum Gasteiger partial charge on any atom is -0.444 e. The summed E-state index contributed by atoms with van der Waals surface area (Å²) in [5.41, 5.74) is -0.421. The summed E-state index contributed by atoms with van der Waals surface area (Å²) >= 11 is 0. The van der Waals surface area contributed by atoms with Crippen LogP contribution in [0.4, 0.5) is 4.79 Å². The summed E-state index contributed by atoms with van der Waals surface area (Å²) in [4.78, 5) is 14.3. The molecule has 5 heteroatoms. The maximum atomic E-state index is 12.3. The molecule has 1 aromatic heterocycles. The van der Waals surface area contributed by atoms with Gasteiger partial charge in [-0.2, -0.15) is 5.10 Å². The Bertz CT molecular complexity index is 464. The number of hydrogen-bond donors (Lipinski definition) is 0. The molecule has 2 aliphatic heterocycles. The largest absolute Gasteiger partial charge is 0.444 e. The molecule has 2 unspecified atom stereocenters. The molecule has 0 spiro atoms. The number of carbonyl (C=O) groups is 1. The quantitative estimate of drug-likeness (QED) is 0.793. The first-order valence-electron chi connectivity index (χ1n) is 7.44. The van der Waals surface area contributed by atoms with E-state index in [0.29, 0.717) is 18.1 Å². The number of amides is 1. The van der Waals surface area contributed by atoms with Crippen LogP contribution in [0.15, 0.2) is 18.5 Å². The highest BCUT2D eigenvalue weighted by Gasteiger charge is 2.45. The minimum atomic E-state index is -0.421. The number of fused-ring (bicyclic) bond motifs is 2. The van der Waals surface area contributed by atoms with E-state index in [-0.39, 0.29) is 6.09 Å². The minimum absolute atomic E-state index is 0.149. The summed E-state index contributed by atoms with van der Waals surface area (Å²) in [7, 11) is 0. The molecule has 0 saturated carbocycles. The molecule has 110 valence electrons. The number of ether oxygens (including phenoxy) is 1. The zero-order valence-corrected chi connectivity index (χ0v) is 12.5. The van der Waals surface area contributed by atoms with Gasteiger partial charge in [-0.3, -0.25) is 4.68 Å². The number of aromatic nitrogens is 2. The number of rotatable bonds is 1. The number of piperidine rings is 1. The van der Waals surface area contributed by atoms with Crippen molar-refractivity contribution in [3.8, 4) is 0 Å². The van der Waals surface area contributed by atoms with Crippen LogP contribution in [0.3, 0.4) is 0 Å². The topological polar surface area (TPSA) is 47.4 Å². The lowest BCUT2D eigenvalue weighted by atomic mass is 9.98. The van der Waals surface area contributed by atoms with Gasteiger partial charge in [0.2, 0.25) is 0 Å². The van der Waals surface area contributed by atoms with Gasteiger partial charge in [-0.1, -0.05) is 0 Å². The van der Waals surface area contributed by atoms with Crippen LogP contribution in [0.2, 0.25) is 0 Å². The Hall–Kier alpha value is -1.52. The summed E-state index contributed by atoms with van der Waals surface area (Å²) in [6.45, 7) is 5.76. The van der Waals surface area contributed by atoms with Crippen LogP contribution < -0.4 is 0 Å². The van der Waals surface area contributed by atoms with Gasteiger partial charge < -0.3 is 9.64 Å². The normalized spacial score (nSPS) is 29.6. The fourth-order valence-electron chi connectivity index (χ4n) is 3.47. The molecule has 3 heterocycles. The van der Waals surface area contributed by atoms with Crippen molar-refractivity contribution in [2.75, 3.05) is 0 Å². The van der Waals surface area contributed by atoms with E-state index in [4.69, 9.17) is 4.74 Å². The zero-order chi connectivity index (χ0) is 14.3. The van der Waals surface area contributed by atoms with Crippen molar-refractivity contribution < 1.29 is 9.53 Å². The average molecular weight is 277 g/mol. The van der Waals surface area contributed by atoms with E-state index < -0.39 is 5.60 Å². The Morgan fingerprint density at radius 2 is 1.85 bits per heavy atom. The lowest BCUT2D eigenvalue weighted by Gasteiger charge is -2.39.